The van der Waals surface area contributed by atoms with Gasteiger partial charge >= 0.3 is 0 Å². The predicted molar refractivity (Wildman–Crippen MR) is 58.5 cm³/mol. The number of amides is 2. The van der Waals surface area contributed by atoms with Gasteiger partial charge in [-0.1, -0.05) is 6.92 Å². The van der Waals surface area contributed by atoms with E-state index in [0.717, 1.165) is 0 Å². The third-order valence-electron chi connectivity index (χ3n) is 2.42. The quantitative estimate of drug-likeness (QED) is 0.657. The molecule has 98 valence electrons. The molecule has 0 aromatic rings. The van der Waals surface area contributed by atoms with Crippen LogP contribution in [-0.4, -0.2) is 45.4 Å². The number of imide groups is 1. The van der Waals surface area contributed by atoms with Crippen molar-refractivity contribution in [3.05, 3.63) is 0 Å². The van der Waals surface area contributed by atoms with Crippen LogP contribution in [0.3, 0.4) is 0 Å². The lowest BCUT2D eigenvalue weighted by Crippen LogP contribution is -2.34. The van der Waals surface area contributed by atoms with Gasteiger partial charge in [-0.3, -0.25) is 14.4 Å². The molecule has 6 heteroatoms. The van der Waals surface area contributed by atoms with E-state index in [1.165, 1.54) is 0 Å². The maximum absolute atomic E-state index is 11.3. The average Bonchev–Trinajstić information content (AvgIpc) is 2.36. The Morgan fingerprint density at radius 1 is 1.53 bits per heavy atom. The van der Waals surface area contributed by atoms with Gasteiger partial charge in [0, 0.05) is 0 Å². The number of aliphatic hydroxyl groups excluding tert-OH is 1. The number of nitrogens with zero attached hydrogens (tertiary/aromatic N) is 1. The van der Waals surface area contributed by atoms with E-state index < -0.39 is 23.5 Å². The molecule has 0 radical (unpaired) electrons. The lowest BCUT2D eigenvalue weighted by Gasteiger charge is -2.23. The molecule has 1 saturated heterocycles. The van der Waals surface area contributed by atoms with E-state index in [1.54, 1.807) is 13.8 Å². The molecular formula is C11H19NO5. The van der Waals surface area contributed by atoms with Crippen LogP contribution >= 0.6 is 0 Å². The van der Waals surface area contributed by atoms with Gasteiger partial charge in [0.05, 0.1) is 18.6 Å². The number of rotatable bonds is 5. The van der Waals surface area contributed by atoms with Crippen molar-refractivity contribution in [1.82, 2.24) is 5.06 Å². The van der Waals surface area contributed by atoms with Gasteiger partial charge in [0.1, 0.15) is 6.10 Å². The highest BCUT2D eigenvalue weighted by molar-refractivity contribution is 6.03. The highest BCUT2D eigenvalue weighted by Gasteiger charge is 2.38. The summed E-state index contributed by atoms with van der Waals surface area (Å²) in [5.41, 5.74) is -0.818. The maximum Gasteiger partial charge on any atom is 0.282 e. The maximum atomic E-state index is 11.3. The summed E-state index contributed by atoms with van der Waals surface area (Å²) in [5.74, 6) is -1.25. The first-order valence-corrected chi connectivity index (χ1v) is 5.61. The van der Waals surface area contributed by atoms with Crippen LogP contribution in [0.1, 0.15) is 33.6 Å². The van der Waals surface area contributed by atoms with Crippen molar-refractivity contribution in [3.8, 4) is 0 Å². The molecule has 2 N–H and O–H groups in total. The number of aliphatic hydroxyl groups is 2. The smallest absolute Gasteiger partial charge is 0.282 e. The van der Waals surface area contributed by atoms with E-state index in [4.69, 9.17) is 9.94 Å². The largest absolute Gasteiger partial charge is 0.390 e. The van der Waals surface area contributed by atoms with Gasteiger partial charge in [-0.05, 0) is 26.2 Å². The van der Waals surface area contributed by atoms with Gasteiger partial charge in [0.15, 0.2) is 0 Å². The molecule has 6 nitrogen and oxygen atoms in total. The predicted octanol–water partition coefficient (Wildman–Crippen LogP) is -0.165. The molecule has 0 bridgehead atoms. The molecule has 0 aliphatic carbocycles. The van der Waals surface area contributed by atoms with E-state index in [-0.39, 0.29) is 18.9 Å². The van der Waals surface area contributed by atoms with Gasteiger partial charge in [0.2, 0.25) is 0 Å². The van der Waals surface area contributed by atoms with Crippen LogP contribution in [0.15, 0.2) is 0 Å². The second-order valence-electron chi connectivity index (χ2n) is 5.16. The Labute approximate surface area is 100 Å². The van der Waals surface area contributed by atoms with E-state index in [0.29, 0.717) is 11.5 Å². The fourth-order valence-corrected chi connectivity index (χ4v) is 1.84. The van der Waals surface area contributed by atoms with Crippen LogP contribution in [0.2, 0.25) is 0 Å². The van der Waals surface area contributed by atoms with E-state index in [2.05, 4.69) is 0 Å². The first kappa shape index (κ1) is 14.1. The monoisotopic (exact) mass is 245 g/mol. The van der Waals surface area contributed by atoms with E-state index in [9.17, 15) is 14.7 Å². The van der Waals surface area contributed by atoms with Crippen molar-refractivity contribution in [2.75, 3.05) is 6.61 Å². The molecule has 2 atom stereocenters. The summed E-state index contributed by atoms with van der Waals surface area (Å²) in [7, 11) is 0. The highest BCUT2D eigenvalue weighted by atomic mass is 16.7. The molecule has 2 unspecified atom stereocenters. The number of hydrogen-bond acceptors (Lipinski definition) is 5. The molecular weight excluding hydrogens is 226 g/mol. The Balaban J connectivity index is 2.41. The van der Waals surface area contributed by atoms with Gasteiger partial charge in [0.25, 0.3) is 11.8 Å². The van der Waals surface area contributed by atoms with Gasteiger partial charge in [-0.25, -0.2) is 0 Å². The Bertz CT molecular complexity index is 309. The molecule has 17 heavy (non-hydrogen) atoms. The second-order valence-corrected chi connectivity index (χ2v) is 5.16. The van der Waals surface area contributed by atoms with Crippen molar-refractivity contribution in [2.24, 2.45) is 5.92 Å². The zero-order valence-electron chi connectivity index (χ0n) is 10.3. The van der Waals surface area contributed by atoms with Crippen molar-refractivity contribution in [3.63, 3.8) is 0 Å². The van der Waals surface area contributed by atoms with Gasteiger partial charge in [-0.2, -0.15) is 5.06 Å². The summed E-state index contributed by atoms with van der Waals surface area (Å²) in [6.45, 7) is 5.35. The summed E-state index contributed by atoms with van der Waals surface area (Å²) < 4.78 is 0. The summed E-state index contributed by atoms with van der Waals surface area (Å²) in [5, 5.41) is 19.4. The molecule has 0 aromatic carbocycles. The number of carbonyl (C=O) groups excluding carboxylic acids is 2. The Kier molecular flexibility index (Phi) is 4.24. The van der Waals surface area contributed by atoms with Crippen LogP contribution in [0.4, 0.5) is 0 Å². The van der Waals surface area contributed by atoms with Crippen molar-refractivity contribution >= 4 is 11.8 Å². The summed E-state index contributed by atoms with van der Waals surface area (Å²) in [6.07, 6.45) is -1.02. The van der Waals surface area contributed by atoms with Crippen LogP contribution in [0.5, 0.6) is 0 Å². The number of hydrogen-bond donors (Lipinski definition) is 2. The molecule has 1 aliphatic rings. The van der Waals surface area contributed by atoms with Crippen molar-refractivity contribution in [2.45, 2.75) is 45.3 Å². The molecule has 1 rings (SSSR count). The molecule has 0 aromatic heterocycles. The van der Waals surface area contributed by atoms with Crippen molar-refractivity contribution < 1.29 is 24.6 Å². The highest BCUT2D eigenvalue weighted by Crippen LogP contribution is 2.18. The summed E-state index contributed by atoms with van der Waals surface area (Å²) >= 11 is 0. The third kappa shape index (κ3) is 4.07. The zero-order valence-corrected chi connectivity index (χ0v) is 10.3. The Morgan fingerprint density at radius 2 is 2.12 bits per heavy atom. The van der Waals surface area contributed by atoms with Crippen LogP contribution in [-0.2, 0) is 14.4 Å². The van der Waals surface area contributed by atoms with Gasteiger partial charge < -0.3 is 10.2 Å². The SMILES string of the molecule is CC(CON1C(=O)CC(O)C1=O)CC(C)(C)O. The minimum absolute atomic E-state index is 0.00616. The van der Waals surface area contributed by atoms with E-state index >= 15 is 0 Å². The van der Waals surface area contributed by atoms with Crippen LogP contribution < -0.4 is 0 Å². The number of carbonyl (C=O) groups is 2. The number of hydroxylamine groups is 2. The molecule has 0 spiro atoms. The zero-order chi connectivity index (χ0) is 13.2. The van der Waals surface area contributed by atoms with E-state index in [1.807, 2.05) is 6.92 Å². The van der Waals surface area contributed by atoms with Crippen molar-refractivity contribution in [1.29, 1.82) is 0 Å². The fraction of sp³-hybridized carbons (Fsp3) is 0.818. The Morgan fingerprint density at radius 3 is 2.53 bits per heavy atom. The Hall–Kier alpha value is -0.980. The molecule has 1 aliphatic heterocycles. The lowest BCUT2D eigenvalue weighted by molar-refractivity contribution is -0.193. The standard InChI is InChI=1S/C11H19NO5/c1-7(5-11(2,3)16)6-17-12-9(14)4-8(13)10(12)15/h7-8,13,16H,4-6H2,1-3H3. The van der Waals surface area contributed by atoms with Crippen LogP contribution in [0, 0.1) is 5.92 Å². The molecule has 1 fully saturated rings. The summed E-state index contributed by atoms with van der Waals surface area (Å²) in [4.78, 5) is 27.6. The lowest BCUT2D eigenvalue weighted by atomic mass is 9.96. The second kappa shape index (κ2) is 5.12. The minimum Gasteiger partial charge on any atom is -0.390 e. The normalized spacial score (nSPS) is 23.4. The topological polar surface area (TPSA) is 87.1 Å². The molecule has 2 amide bonds. The minimum atomic E-state index is -1.29. The molecule has 1 heterocycles. The fourth-order valence-electron chi connectivity index (χ4n) is 1.84. The summed E-state index contributed by atoms with van der Waals surface area (Å²) in [6, 6.07) is 0. The average molecular weight is 245 g/mol. The molecule has 0 saturated carbocycles. The first-order valence-electron chi connectivity index (χ1n) is 5.61. The van der Waals surface area contributed by atoms with Gasteiger partial charge in [-0.15, -0.1) is 0 Å². The third-order valence-corrected chi connectivity index (χ3v) is 2.42. The van der Waals surface area contributed by atoms with Crippen LogP contribution in [0.25, 0.3) is 0 Å². The first-order chi connectivity index (χ1) is 7.70.